The Labute approximate surface area is 91.4 Å². The fraction of sp³-hybridized carbons (Fsp3) is 0.200. The van der Waals surface area contributed by atoms with Gasteiger partial charge in [-0.15, -0.1) is 0 Å². The fourth-order valence-corrected chi connectivity index (χ4v) is 1.25. The molecule has 6 heteroatoms. The molecule has 2 rings (SSSR count). The van der Waals surface area contributed by atoms with Crippen molar-refractivity contribution in [2.24, 2.45) is 0 Å². The van der Waals surface area contributed by atoms with E-state index in [1.165, 1.54) is 0 Å². The minimum absolute atomic E-state index is 0.0900. The van der Waals surface area contributed by atoms with Crippen LogP contribution in [0.4, 0.5) is 0 Å². The van der Waals surface area contributed by atoms with Crippen LogP contribution in [0, 0.1) is 0 Å². The van der Waals surface area contributed by atoms with Gasteiger partial charge in [0.25, 0.3) is 0 Å². The van der Waals surface area contributed by atoms with Crippen molar-refractivity contribution in [2.75, 3.05) is 0 Å². The maximum absolute atomic E-state index is 10.4. The van der Waals surface area contributed by atoms with Crippen molar-refractivity contribution in [2.45, 2.75) is 12.8 Å². The average Bonchev–Trinajstić information content (AvgIpc) is 2.80. The zero-order valence-corrected chi connectivity index (χ0v) is 8.42. The van der Waals surface area contributed by atoms with E-state index in [4.69, 9.17) is 5.11 Å². The van der Waals surface area contributed by atoms with Gasteiger partial charge in [-0.25, -0.2) is 9.97 Å². The third kappa shape index (κ3) is 2.41. The zero-order valence-electron chi connectivity index (χ0n) is 8.42. The molecule has 0 spiro atoms. The molecule has 0 bridgehead atoms. The lowest BCUT2D eigenvalue weighted by atomic mass is 10.2. The Morgan fingerprint density at radius 2 is 2.12 bits per heavy atom. The number of carbonyl (C=O) groups is 1. The molecule has 16 heavy (non-hydrogen) atoms. The van der Waals surface area contributed by atoms with E-state index in [-0.39, 0.29) is 6.42 Å². The lowest BCUT2D eigenvalue weighted by Crippen LogP contribution is -1.99. The molecule has 0 aliphatic heterocycles. The normalized spacial score (nSPS) is 10.2. The second-order valence-corrected chi connectivity index (χ2v) is 3.28. The number of aryl methyl sites for hydroxylation is 1. The summed E-state index contributed by atoms with van der Waals surface area (Å²) in [7, 11) is 0. The van der Waals surface area contributed by atoms with E-state index in [2.05, 4.69) is 20.2 Å². The Hall–Kier alpha value is -2.24. The van der Waals surface area contributed by atoms with Crippen molar-refractivity contribution in [3.63, 3.8) is 0 Å². The standard InChI is InChI=1S/C10H10N4O2/c15-9(16)2-1-7-5-11-10(12-6-7)8-3-4-13-14-8/h3-6H,1-2H2,(H,13,14)(H,15,16). The molecule has 0 aromatic carbocycles. The molecule has 0 atom stereocenters. The number of rotatable bonds is 4. The molecule has 0 unspecified atom stereocenters. The Balaban J connectivity index is 2.08. The summed E-state index contributed by atoms with van der Waals surface area (Å²) in [5, 5.41) is 15.1. The first-order valence-corrected chi connectivity index (χ1v) is 4.78. The van der Waals surface area contributed by atoms with E-state index < -0.39 is 5.97 Å². The Kier molecular flexibility index (Phi) is 2.90. The number of carboxylic acid groups (broad SMARTS) is 1. The van der Waals surface area contributed by atoms with E-state index in [1.807, 2.05) is 0 Å². The highest BCUT2D eigenvalue weighted by Gasteiger charge is 2.03. The molecule has 0 fully saturated rings. The average molecular weight is 218 g/mol. The predicted molar refractivity (Wildman–Crippen MR) is 55.6 cm³/mol. The maximum Gasteiger partial charge on any atom is 0.303 e. The first-order chi connectivity index (χ1) is 7.75. The third-order valence-electron chi connectivity index (χ3n) is 2.07. The van der Waals surface area contributed by atoms with Crippen LogP contribution < -0.4 is 0 Å². The van der Waals surface area contributed by atoms with Gasteiger partial charge in [0.05, 0.1) is 0 Å². The van der Waals surface area contributed by atoms with Crippen LogP contribution in [0.25, 0.3) is 11.5 Å². The Morgan fingerprint density at radius 1 is 1.38 bits per heavy atom. The molecule has 0 aliphatic carbocycles. The Morgan fingerprint density at radius 3 is 2.69 bits per heavy atom. The number of aliphatic carboxylic acids is 1. The van der Waals surface area contributed by atoms with Gasteiger partial charge >= 0.3 is 5.97 Å². The molecule has 2 heterocycles. The lowest BCUT2D eigenvalue weighted by Gasteiger charge is -1.99. The quantitative estimate of drug-likeness (QED) is 0.794. The predicted octanol–water partition coefficient (Wildman–Crippen LogP) is 0.884. The molecule has 2 aromatic heterocycles. The highest BCUT2D eigenvalue weighted by atomic mass is 16.4. The molecule has 0 saturated heterocycles. The van der Waals surface area contributed by atoms with E-state index in [0.717, 1.165) is 11.3 Å². The minimum Gasteiger partial charge on any atom is -0.481 e. The van der Waals surface area contributed by atoms with Crippen molar-refractivity contribution in [1.29, 1.82) is 0 Å². The Bertz CT molecular complexity index is 464. The summed E-state index contributed by atoms with van der Waals surface area (Å²) in [5.41, 5.74) is 1.55. The first kappa shape index (κ1) is 10.3. The van der Waals surface area contributed by atoms with Gasteiger partial charge in [-0.2, -0.15) is 5.10 Å². The third-order valence-corrected chi connectivity index (χ3v) is 2.07. The van der Waals surface area contributed by atoms with Crippen molar-refractivity contribution >= 4 is 5.97 Å². The minimum atomic E-state index is -0.822. The topological polar surface area (TPSA) is 91.8 Å². The van der Waals surface area contributed by atoms with E-state index >= 15 is 0 Å². The van der Waals surface area contributed by atoms with Crippen LogP contribution in [0.5, 0.6) is 0 Å². The number of nitrogens with one attached hydrogen (secondary N) is 1. The van der Waals surface area contributed by atoms with Gasteiger partial charge in [-0.3, -0.25) is 9.89 Å². The number of hydrogen-bond acceptors (Lipinski definition) is 4. The highest BCUT2D eigenvalue weighted by molar-refractivity contribution is 5.67. The van der Waals surface area contributed by atoms with Crippen molar-refractivity contribution in [1.82, 2.24) is 20.2 Å². The highest BCUT2D eigenvalue weighted by Crippen LogP contribution is 2.10. The van der Waals surface area contributed by atoms with E-state index in [9.17, 15) is 4.79 Å². The summed E-state index contributed by atoms with van der Waals surface area (Å²) in [4.78, 5) is 18.6. The van der Waals surface area contributed by atoms with Crippen LogP contribution in [0.1, 0.15) is 12.0 Å². The monoisotopic (exact) mass is 218 g/mol. The summed E-state index contributed by atoms with van der Waals surface area (Å²) in [6.07, 6.45) is 5.42. The molecular weight excluding hydrogens is 208 g/mol. The number of carboxylic acids is 1. The molecule has 82 valence electrons. The SMILES string of the molecule is O=C(O)CCc1cnc(-c2ccn[nH]2)nc1. The van der Waals surface area contributed by atoms with E-state index in [0.29, 0.717) is 12.2 Å². The molecule has 6 nitrogen and oxygen atoms in total. The molecule has 2 aromatic rings. The van der Waals surface area contributed by atoms with E-state index in [1.54, 1.807) is 24.7 Å². The van der Waals surface area contributed by atoms with Crippen LogP contribution in [-0.2, 0) is 11.2 Å². The van der Waals surface area contributed by atoms with Crippen molar-refractivity contribution in [3.8, 4) is 11.5 Å². The van der Waals surface area contributed by atoms with Crippen LogP contribution >= 0.6 is 0 Å². The molecule has 0 aliphatic rings. The smallest absolute Gasteiger partial charge is 0.303 e. The number of H-pyrrole nitrogens is 1. The van der Waals surface area contributed by atoms with Gasteiger partial charge in [-0.1, -0.05) is 0 Å². The second-order valence-electron chi connectivity index (χ2n) is 3.28. The van der Waals surface area contributed by atoms with Crippen molar-refractivity contribution in [3.05, 3.63) is 30.2 Å². The maximum atomic E-state index is 10.4. The van der Waals surface area contributed by atoms with Crippen LogP contribution in [0.3, 0.4) is 0 Å². The summed E-state index contributed by atoms with van der Waals surface area (Å²) in [5.74, 6) is -0.269. The summed E-state index contributed by atoms with van der Waals surface area (Å²) in [6, 6.07) is 1.77. The molecular formula is C10H10N4O2. The second kappa shape index (κ2) is 4.52. The van der Waals surface area contributed by atoms with Crippen LogP contribution in [0.2, 0.25) is 0 Å². The fourth-order valence-electron chi connectivity index (χ4n) is 1.25. The van der Waals surface area contributed by atoms with Crippen LogP contribution in [0.15, 0.2) is 24.7 Å². The van der Waals surface area contributed by atoms with Gasteiger partial charge in [0.1, 0.15) is 5.69 Å². The summed E-state index contributed by atoms with van der Waals surface area (Å²) in [6.45, 7) is 0. The summed E-state index contributed by atoms with van der Waals surface area (Å²) >= 11 is 0. The summed E-state index contributed by atoms with van der Waals surface area (Å²) < 4.78 is 0. The number of hydrogen-bond donors (Lipinski definition) is 2. The first-order valence-electron chi connectivity index (χ1n) is 4.78. The van der Waals surface area contributed by atoms with Gasteiger partial charge in [0.15, 0.2) is 5.82 Å². The van der Waals surface area contributed by atoms with Crippen LogP contribution in [-0.4, -0.2) is 31.2 Å². The molecule has 2 N–H and O–H groups in total. The molecule has 0 saturated carbocycles. The van der Waals surface area contributed by atoms with Crippen molar-refractivity contribution < 1.29 is 9.90 Å². The molecule has 0 amide bonds. The lowest BCUT2D eigenvalue weighted by molar-refractivity contribution is -0.136. The molecule has 0 radical (unpaired) electrons. The zero-order chi connectivity index (χ0) is 11.4. The van der Waals surface area contributed by atoms with Gasteiger partial charge in [0, 0.05) is 25.0 Å². The van der Waals surface area contributed by atoms with Gasteiger partial charge in [0.2, 0.25) is 0 Å². The number of aromatic amines is 1. The number of nitrogens with zero attached hydrogens (tertiary/aromatic N) is 3. The largest absolute Gasteiger partial charge is 0.481 e. The number of aromatic nitrogens is 4. The van der Waals surface area contributed by atoms with Gasteiger partial charge in [-0.05, 0) is 18.1 Å². The van der Waals surface area contributed by atoms with Gasteiger partial charge < -0.3 is 5.11 Å².